The summed E-state index contributed by atoms with van der Waals surface area (Å²) < 4.78 is 1.25. The van der Waals surface area contributed by atoms with E-state index in [0.29, 0.717) is 11.9 Å². The molecule has 3 heterocycles. The van der Waals surface area contributed by atoms with Crippen molar-refractivity contribution in [3.8, 4) is 0 Å². The largest absolute Gasteiger partial charge is 0.481 e. The summed E-state index contributed by atoms with van der Waals surface area (Å²) in [5.41, 5.74) is -0.127. The molecule has 1 fully saturated rings. The van der Waals surface area contributed by atoms with Crippen LogP contribution in [0.3, 0.4) is 0 Å². The Labute approximate surface area is 120 Å². The first kappa shape index (κ1) is 13.6. The van der Waals surface area contributed by atoms with Crippen LogP contribution in [-0.2, 0) is 11.2 Å². The van der Waals surface area contributed by atoms with Gasteiger partial charge in [-0.2, -0.15) is 9.50 Å². The van der Waals surface area contributed by atoms with E-state index in [-0.39, 0.29) is 23.5 Å². The Morgan fingerprint density at radius 2 is 2.33 bits per heavy atom. The lowest BCUT2D eigenvalue weighted by atomic mass is 10.0. The monoisotopic (exact) mass is 291 g/mol. The summed E-state index contributed by atoms with van der Waals surface area (Å²) in [6, 6.07) is 1.22. The average Bonchev–Trinajstić information content (AvgIpc) is 2.82. The first-order chi connectivity index (χ1) is 10.0. The highest BCUT2D eigenvalue weighted by Crippen LogP contribution is 2.19. The highest BCUT2D eigenvalue weighted by molar-refractivity contribution is 5.69. The van der Waals surface area contributed by atoms with Crippen LogP contribution in [0.25, 0.3) is 5.78 Å². The average molecular weight is 291 g/mol. The molecule has 0 saturated carbocycles. The molecule has 2 N–H and O–H groups in total. The van der Waals surface area contributed by atoms with Crippen molar-refractivity contribution in [2.24, 2.45) is 5.92 Å². The van der Waals surface area contributed by atoms with Crippen LogP contribution in [0.4, 0.5) is 5.95 Å². The van der Waals surface area contributed by atoms with Crippen molar-refractivity contribution in [1.29, 1.82) is 0 Å². The van der Waals surface area contributed by atoms with E-state index in [0.717, 1.165) is 19.5 Å². The van der Waals surface area contributed by atoms with Gasteiger partial charge >= 0.3 is 5.97 Å². The fraction of sp³-hybridized carbons (Fsp3) is 0.538. The van der Waals surface area contributed by atoms with Gasteiger partial charge in [-0.1, -0.05) is 6.92 Å². The van der Waals surface area contributed by atoms with Crippen LogP contribution in [-0.4, -0.2) is 43.7 Å². The van der Waals surface area contributed by atoms with E-state index >= 15 is 0 Å². The van der Waals surface area contributed by atoms with Crippen molar-refractivity contribution in [1.82, 2.24) is 19.6 Å². The molecule has 1 aliphatic heterocycles. The van der Waals surface area contributed by atoms with Crippen LogP contribution < -0.4 is 10.5 Å². The van der Waals surface area contributed by atoms with E-state index in [4.69, 9.17) is 5.11 Å². The fourth-order valence-corrected chi connectivity index (χ4v) is 2.68. The number of hydrogen-bond acceptors (Lipinski definition) is 5. The van der Waals surface area contributed by atoms with Crippen molar-refractivity contribution in [2.75, 3.05) is 18.0 Å². The molecule has 0 aromatic carbocycles. The number of fused-ring (bicyclic) bond motifs is 1. The molecule has 21 heavy (non-hydrogen) atoms. The number of piperidine rings is 1. The molecule has 112 valence electrons. The van der Waals surface area contributed by atoms with Crippen LogP contribution >= 0.6 is 0 Å². The van der Waals surface area contributed by atoms with Crippen LogP contribution in [0.2, 0.25) is 0 Å². The Kier molecular flexibility index (Phi) is 3.36. The van der Waals surface area contributed by atoms with Crippen molar-refractivity contribution >= 4 is 17.7 Å². The predicted octanol–water partition coefficient (Wildman–Crippen LogP) is 0.281. The third kappa shape index (κ3) is 2.74. The van der Waals surface area contributed by atoms with Crippen LogP contribution in [0, 0.1) is 5.92 Å². The number of carbonyl (C=O) groups is 1. The Morgan fingerprint density at radius 1 is 1.52 bits per heavy atom. The number of aliphatic carboxylic acids is 1. The summed E-state index contributed by atoms with van der Waals surface area (Å²) in [5.74, 6) is 0.386. The molecule has 2 aromatic rings. The maximum atomic E-state index is 12.0. The van der Waals surface area contributed by atoms with Gasteiger partial charge in [0.05, 0.1) is 12.1 Å². The lowest BCUT2D eigenvalue weighted by Crippen LogP contribution is -2.35. The molecule has 8 nitrogen and oxygen atoms in total. The highest BCUT2D eigenvalue weighted by Gasteiger charge is 2.20. The Hall–Kier alpha value is -2.38. The Morgan fingerprint density at radius 3 is 3.05 bits per heavy atom. The summed E-state index contributed by atoms with van der Waals surface area (Å²) in [6.45, 7) is 3.96. The first-order valence-corrected chi connectivity index (χ1v) is 6.98. The van der Waals surface area contributed by atoms with Gasteiger partial charge in [-0.05, 0) is 18.8 Å². The molecule has 0 spiro atoms. The number of carboxylic acid groups (broad SMARTS) is 1. The van der Waals surface area contributed by atoms with E-state index in [1.165, 1.54) is 17.0 Å². The number of nitrogens with zero attached hydrogens (tertiary/aromatic N) is 4. The van der Waals surface area contributed by atoms with Crippen LogP contribution in [0.5, 0.6) is 0 Å². The number of aromatic amines is 1. The van der Waals surface area contributed by atoms with E-state index in [9.17, 15) is 9.59 Å². The van der Waals surface area contributed by atoms with Gasteiger partial charge in [-0.25, -0.2) is 4.98 Å². The van der Waals surface area contributed by atoms with Gasteiger partial charge in [0, 0.05) is 19.2 Å². The minimum absolute atomic E-state index is 0.215. The fourth-order valence-electron chi connectivity index (χ4n) is 2.68. The molecule has 1 aliphatic rings. The molecule has 2 aromatic heterocycles. The maximum absolute atomic E-state index is 12.0. The molecule has 1 unspecified atom stereocenters. The second kappa shape index (κ2) is 5.19. The molecule has 0 amide bonds. The van der Waals surface area contributed by atoms with Gasteiger partial charge in [-0.3, -0.25) is 14.7 Å². The summed E-state index contributed by atoms with van der Waals surface area (Å²) in [7, 11) is 0. The highest BCUT2D eigenvalue weighted by atomic mass is 16.4. The minimum Gasteiger partial charge on any atom is -0.481 e. The van der Waals surface area contributed by atoms with Gasteiger partial charge in [-0.15, -0.1) is 0 Å². The Balaban J connectivity index is 1.97. The second-order valence-corrected chi connectivity index (χ2v) is 5.53. The quantitative estimate of drug-likeness (QED) is 0.842. The number of anilines is 1. The zero-order chi connectivity index (χ0) is 15.0. The number of rotatable bonds is 3. The molecule has 1 saturated heterocycles. The van der Waals surface area contributed by atoms with Crippen molar-refractivity contribution in [3.63, 3.8) is 0 Å². The van der Waals surface area contributed by atoms with Gasteiger partial charge in [0.1, 0.15) is 0 Å². The second-order valence-electron chi connectivity index (χ2n) is 5.53. The normalized spacial score (nSPS) is 19.1. The molecular weight excluding hydrogens is 274 g/mol. The van der Waals surface area contributed by atoms with Gasteiger partial charge in [0.2, 0.25) is 5.95 Å². The van der Waals surface area contributed by atoms with Gasteiger partial charge < -0.3 is 10.0 Å². The number of nitrogens with one attached hydrogen (secondary N) is 1. The third-order valence-corrected chi connectivity index (χ3v) is 3.66. The smallest absolute Gasteiger partial charge is 0.309 e. The molecule has 0 bridgehead atoms. The van der Waals surface area contributed by atoms with Crippen molar-refractivity contribution in [3.05, 3.63) is 22.1 Å². The zero-order valence-electron chi connectivity index (χ0n) is 11.7. The molecular formula is C13H17N5O3. The third-order valence-electron chi connectivity index (χ3n) is 3.66. The number of H-pyrrole nitrogens is 1. The van der Waals surface area contributed by atoms with Gasteiger partial charge in [0.25, 0.3) is 11.3 Å². The first-order valence-electron chi connectivity index (χ1n) is 6.98. The lowest BCUT2D eigenvalue weighted by molar-refractivity contribution is -0.136. The van der Waals surface area contributed by atoms with Gasteiger partial charge in [0.15, 0.2) is 0 Å². The van der Waals surface area contributed by atoms with Crippen LogP contribution in [0.1, 0.15) is 25.5 Å². The minimum atomic E-state index is -1.02. The summed E-state index contributed by atoms with van der Waals surface area (Å²) in [5, 5.41) is 11.7. The topological polar surface area (TPSA) is 104 Å². The van der Waals surface area contributed by atoms with E-state index in [1.54, 1.807) is 0 Å². The number of aromatic nitrogens is 4. The summed E-state index contributed by atoms with van der Waals surface area (Å²) in [4.78, 5) is 33.3. The number of hydrogen-bond donors (Lipinski definition) is 2. The lowest BCUT2D eigenvalue weighted by Gasteiger charge is -2.30. The molecule has 8 heteroatoms. The van der Waals surface area contributed by atoms with E-state index < -0.39 is 5.97 Å². The standard InChI is InChI=1S/C13H17N5O3/c1-8-3-2-4-17(7-8)13-15-12-14-9(6-11(20)21)5-10(19)18(12)16-13/h5,8H,2-4,6-7H2,1H3,(H,20,21)(H,14,15,16). The zero-order valence-corrected chi connectivity index (χ0v) is 11.7. The summed E-state index contributed by atoms with van der Waals surface area (Å²) >= 11 is 0. The molecule has 0 aliphatic carbocycles. The van der Waals surface area contributed by atoms with E-state index in [2.05, 4.69) is 26.9 Å². The van der Waals surface area contributed by atoms with Crippen molar-refractivity contribution < 1.29 is 9.90 Å². The maximum Gasteiger partial charge on any atom is 0.309 e. The number of carboxylic acids is 1. The van der Waals surface area contributed by atoms with Crippen molar-refractivity contribution in [2.45, 2.75) is 26.2 Å². The molecule has 0 radical (unpaired) electrons. The SMILES string of the molecule is CC1CCCN(c2nc3nc(CC(=O)O)cc(=O)n3[nH]2)C1. The summed E-state index contributed by atoms with van der Waals surface area (Å²) in [6.07, 6.45) is 2.00. The van der Waals surface area contributed by atoms with Crippen LogP contribution in [0.15, 0.2) is 10.9 Å². The Bertz CT molecular complexity index is 735. The van der Waals surface area contributed by atoms with E-state index in [1.807, 2.05) is 0 Å². The molecule has 3 rings (SSSR count). The molecule has 1 atom stereocenters. The predicted molar refractivity (Wildman–Crippen MR) is 75.6 cm³/mol.